The third kappa shape index (κ3) is 1.47. The van der Waals surface area contributed by atoms with Gasteiger partial charge in [0.25, 0.3) is 0 Å². The van der Waals surface area contributed by atoms with E-state index in [0.717, 1.165) is 18.4 Å². The third-order valence-electron chi connectivity index (χ3n) is 2.78. The van der Waals surface area contributed by atoms with Crippen LogP contribution in [0.5, 0.6) is 11.5 Å². The van der Waals surface area contributed by atoms with Crippen molar-refractivity contribution in [3.8, 4) is 17.6 Å². The van der Waals surface area contributed by atoms with E-state index in [9.17, 15) is 5.11 Å². The van der Waals surface area contributed by atoms with Gasteiger partial charge in [-0.1, -0.05) is 6.07 Å². The smallest absolute Gasteiger partial charge is 0.172 e. The van der Waals surface area contributed by atoms with Crippen molar-refractivity contribution in [3.63, 3.8) is 0 Å². The molecule has 1 N–H and O–H groups in total. The van der Waals surface area contributed by atoms with Crippen molar-refractivity contribution in [1.29, 1.82) is 5.26 Å². The van der Waals surface area contributed by atoms with Gasteiger partial charge in [-0.3, -0.25) is 0 Å². The number of rotatable bonds is 2. The average Bonchev–Trinajstić information content (AvgIpc) is 3.03. The van der Waals surface area contributed by atoms with Crippen LogP contribution in [0.15, 0.2) is 16.6 Å². The predicted molar refractivity (Wildman–Crippen MR) is 58.9 cm³/mol. The van der Waals surface area contributed by atoms with Crippen LogP contribution in [0.25, 0.3) is 0 Å². The van der Waals surface area contributed by atoms with Crippen LogP contribution in [0.2, 0.25) is 0 Å². The van der Waals surface area contributed by atoms with Crippen LogP contribution in [0.4, 0.5) is 0 Å². The molecule has 1 saturated carbocycles. The maximum Gasteiger partial charge on any atom is 0.172 e. The van der Waals surface area contributed by atoms with Gasteiger partial charge in [-0.05, 0) is 40.4 Å². The van der Waals surface area contributed by atoms with Crippen LogP contribution >= 0.6 is 15.9 Å². The van der Waals surface area contributed by atoms with E-state index in [2.05, 4.69) is 22.0 Å². The molecule has 1 fully saturated rings. The molecule has 1 aliphatic carbocycles. The largest absolute Gasteiger partial charge is 0.503 e. The van der Waals surface area contributed by atoms with E-state index in [0.29, 0.717) is 10.2 Å². The minimum atomic E-state index is -0.400. The molecule has 0 aromatic heterocycles. The molecule has 0 atom stereocenters. The molecule has 1 aliphatic rings. The Morgan fingerprint density at radius 1 is 1.53 bits per heavy atom. The first-order chi connectivity index (χ1) is 7.14. The number of phenolic OH excluding ortho intramolecular Hbond substituents is 1. The number of hydrogen-bond donors (Lipinski definition) is 1. The number of phenols is 1. The lowest BCUT2D eigenvalue weighted by molar-refractivity contribution is 0.371. The van der Waals surface area contributed by atoms with Gasteiger partial charge in [-0.2, -0.15) is 5.26 Å². The molecule has 0 radical (unpaired) electrons. The number of methoxy groups -OCH3 is 1. The fourth-order valence-corrected chi connectivity index (χ4v) is 2.35. The number of nitrogens with zero attached hydrogens (tertiary/aromatic N) is 1. The quantitative estimate of drug-likeness (QED) is 0.897. The number of aromatic hydroxyl groups is 1. The first kappa shape index (κ1) is 10.3. The zero-order valence-corrected chi connectivity index (χ0v) is 9.84. The summed E-state index contributed by atoms with van der Waals surface area (Å²) < 4.78 is 5.55. The van der Waals surface area contributed by atoms with Crippen molar-refractivity contribution in [2.75, 3.05) is 7.11 Å². The van der Waals surface area contributed by atoms with Crippen LogP contribution in [0.1, 0.15) is 18.4 Å². The third-order valence-corrected chi connectivity index (χ3v) is 3.58. The van der Waals surface area contributed by atoms with Gasteiger partial charge in [-0.25, -0.2) is 0 Å². The number of hydrogen-bond acceptors (Lipinski definition) is 3. The van der Waals surface area contributed by atoms with Crippen molar-refractivity contribution < 1.29 is 9.84 Å². The zero-order chi connectivity index (χ0) is 11.1. The van der Waals surface area contributed by atoms with Crippen LogP contribution in [-0.2, 0) is 5.41 Å². The molecule has 0 spiro atoms. The van der Waals surface area contributed by atoms with Gasteiger partial charge in [-0.15, -0.1) is 0 Å². The van der Waals surface area contributed by atoms with E-state index >= 15 is 0 Å². The first-order valence-electron chi connectivity index (χ1n) is 4.62. The standard InChI is InChI=1S/C11H10BrNO2/c1-15-8-3-2-7(9(12)10(8)14)11(6-13)4-5-11/h2-3,14H,4-5H2,1H3. The summed E-state index contributed by atoms with van der Waals surface area (Å²) in [6.07, 6.45) is 1.71. The van der Waals surface area contributed by atoms with Crippen molar-refractivity contribution in [1.82, 2.24) is 0 Å². The Balaban J connectivity index is 2.53. The van der Waals surface area contributed by atoms with Gasteiger partial charge in [0.05, 0.1) is 23.1 Å². The lowest BCUT2D eigenvalue weighted by Crippen LogP contribution is -2.03. The summed E-state index contributed by atoms with van der Waals surface area (Å²) >= 11 is 3.31. The Kier molecular flexibility index (Phi) is 2.35. The van der Waals surface area contributed by atoms with E-state index in [4.69, 9.17) is 10.00 Å². The minimum absolute atomic E-state index is 0.0662. The van der Waals surface area contributed by atoms with Gasteiger partial charge in [0.1, 0.15) is 0 Å². The topological polar surface area (TPSA) is 53.2 Å². The zero-order valence-electron chi connectivity index (χ0n) is 8.25. The number of benzene rings is 1. The molecule has 2 rings (SSSR count). The second-order valence-electron chi connectivity index (χ2n) is 3.67. The molecular weight excluding hydrogens is 258 g/mol. The molecule has 0 heterocycles. The average molecular weight is 268 g/mol. The van der Waals surface area contributed by atoms with Gasteiger partial charge in [0, 0.05) is 0 Å². The number of nitriles is 1. The SMILES string of the molecule is COc1ccc(C2(C#N)CC2)c(Br)c1O. The summed E-state index contributed by atoms with van der Waals surface area (Å²) in [4.78, 5) is 0. The van der Waals surface area contributed by atoms with Crippen LogP contribution < -0.4 is 4.74 Å². The monoisotopic (exact) mass is 267 g/mol. The Labute approximate surface area is 96.4 Å². The molecule has 15 heavy (non-hydrogen) atoms. The summed E-state index contributed by atoms with van der Waals surface area (Å²) in [6.45, 7) is 0. The number of halogens is 1. The maximum absolute atomic E-state index is 9.78. The summed E-state index contributed by atoms with van der Waals surface area (Å²) in [7, 11) is 1.50. The van der Waals surface area contributed by atoms with E-state index in [1.165, 1.54) is 7.11 Å². The van der Waals surface area contributed by atoms with Crippen molar-refractivity contribution in [2.24, 2.45) is 0 Å². The molecule has 0 amide bonds. The Hall–Kier alpha value is -1.21. The van der Waals surface area contributed by atoms with E-state index < -0.39 is 5.41 Å². The highest BCUT2D eigenvalue weighted by Crippen LogP contribution is 2.52. The van der Waals surface area contributed by atoms with Gasteiger partial charge < -0.3 is 9.84 Å². The fraction of sp³-hybridized carbons (Fsp3) is 0.364. The van der Waals surface area contributed by atoms with Crippen LogP contribution in [0, 0.1) is 11.3 Å². The lowest BCUT2D eigenvalue weighted by Gasteiger charge is -2.12. The molecule has 4 heteroatoms. The van der Waals surface area contributed by atoms with Crippen molar-refractivity contribution in [3.05, 3.63) is 22.2 Å². The van der Waals surface area contributed by atoms with Gasteiger partial charge in [0.2, 0.25) is 0 Å². The van der Waals surface area contributed by atoms with Crippen molar-refractivity contribution in [2.45, 2.75) is 18.3 Å². The summed E-state index contributed by atoms with van der Waals surface area (Å²) in [5, 5.41) is 18.9. The van der Waals surface area contributed by atoms with Crippen LogP contribution in [-0.4, -0.2) is 12.2 Å². The molecular formula is C11H10BrNO2. The summed E-state index contributed by atoms with van der Waals surface area (Å²) in [5.74, 6) is 0.482. The summed E-state index contributed by atoms with van der Waals surface area (Å²) in [5.41, 5.74) is 0.450. The number of ether oxygens (including phenoxy) is 1. The molecule has 0 aliphatic heterocycles. The maximum atomic E-state index is 9.78. The molecule has 1 aromatic carbocycles. The normalized spacial score (nSPS) is 16.9. The molecule has 78 valence electrons. The highest BCUT2D eigenvalue weighted by Gasteiger charge is 2.46. The van der Waals surface area contributed by atoms with E-state index in [1.54, 1.807) is 6.07 Å². The second kappa shape index (κ2) is 3.42. The van der Waals surface area contributed by atoms with Crippen molar-refractivity contribution >= 4 is 15.9 Å². The van der Waals surface area contributed by atoms with E-state index in [-0.39, 0.29) is 5.75 Å². The molecule has 0 unspecified atom stereocenters. The molecule has 3 nitrogen and oxygen atoms in total. The Morgan fingerprint density at radius 3 is 2.67 bits per heavy atom. The highest BCUT2D eigenvalue weighted by atomic mass is 79.9. The first-order valence-corrected chi connectivity index (χ1v) is 5.41. The van der Waals surface area contributed by atoms with Gasteiger partial charge in [0.15, 0.2) is 11.5 Å². The Morgan fingerprint density at radius 2 is 2.20 bits per heavy atom. The molecule has 0 saturated heterocycles. The minimum Gasteiger partial charge on any atom is -0.503 e. The predicted octanol–water partition coefficient (Wildman–Crippen LogP) is 2.72. The fourth-order valence-electron chi connectivity index (χ4n) is 1.65. The second-order valence-corrected chi connectivity index (χ2v) is 4.46. The lowest BCUT2D eigenvalue weighted by atomic mass is 9.97. The van der Waals surface area contributed by atoms with E-state index in [1.807, 2.05) is 6.07 Å². The Bertz CT molecular complexity index is 447. The molecule has 1 aromatic rings. The highest BCUT2D eigenvalue weighted by molar-refractivity contribution is 9.10. The van der Waals surface area contributed by atoms with Gasteiger partial charge >= 0.3 is 0 Å². The molecule has 0 bridgehead atoms. The summed E-state index contributed by atoms with van der Waals surface area (Å²) in [6, 6.07) is 5.81. The van der Waals surface area contributed by atoms with Crippen LogP contribution in [0.3, 0.4) is 0 Å².